The third-order valence-electron chi connectivity index (χ3n) is 2.78. The highest BCUT2D eigenvalue weighted by atomic mass is 16.5. The van der Waals surface area contributed by atoms with Crippen LogP contribution in [0.4, 0.5) is 0 Å². The summed E-state index contributed by atoms with van der Waals surface area (Å²) in [6.07, 6.45) is 0. The number of benzene rings is 1. The third kappa shape index (κ3) is 4.75. The van der Waals surface area contributed by atoms with Crippen LogP contribution in [0.1, 0.15) is 26.3 Å². The molecule has 0 fully saturated rings. The maximum Gasteiger partial charge on any atom is 0.119 e. The van der Waals surface area contributed by atoms with Gasteiger partial charge < -0.3 is 15.2 Å². The summed E-state index contributed by atoms with van der Waals surface area (Å²) in [4.78, 5) is 0. The molecule has 3 nitrogen and oxygen atoms in total. The van der Waals surface area contributed by atoms with Crippen molar-refractivity contribution in [2.45, 2.75) is 33.4 Å². The Morgan fingerprint density at radius 1 is 1.35 bits per heavy atom. The van der Waals surface area contributed by atoms with Crippen LogP contribution < -0.4 is 10.1 Å². The summed E-state index contributed by atoms with van der Waals surface area (Å²) in [5.41, 5.74) is 1.18. The zero-order valence-electron chi connectivity index (χ0n) is 10.9. The maximum absolute atomic E-state index is 9.23. The summed E-state index contributed by atoms with van der Waals surface area (Å²) in [6.45, 7) is 7.79. The molecule has 0 heterocycles. The number of hydrogen-bond donors (Lipinski definition) is 2. The molecule has 0 aliphatic carbocycles. The fourth-order valence-electron chi connectivity index (χ4n) is 1.67. The second-order valence-electron chi connectivity index (χ2n) is 4.49. The summed E-state index contributed by atoms with van der Waals surface area (Å²) in [5.74, 6) is 1.33. The van der Waals surface area contributed by atoms with Gasteiger partial charge in [-0.25, -0.2) is 0 Å². The second kappa shape index (κ2) is 7.30. The summed E-state index contributed by atoms with van der Waals surface area (Å²) >= 11 is 0. The Labute approximate surface area is 104 Å². The molecule has 0 amide bonds. The number of nitrogens with one attached hydrogen (secondary N) is 1. The first-order valence-corrected chi connectivity index (χ1v) is 6.23. The minimum atomic E-state index is 0.144. The third-order valence-corrected chi connectivity index (χ3v) is 2.78. The smallest absolute Gasteiger partial charge is 0.119 e. The molecule has 0 bridgehead atoms. The fourth-order valence-corrected chi connectivity index (χ4v) is 1.67. The van der Waals surface area contributed by atoms with Crippen molar-refractivity contribution in [1.82, 2.24) is 5.32 Å². The van der Waals surface area contributed by atoms with Crippen LogP contribution in [0.2, 0.25) is 0 Å². The Morgan fingerprint density at radius 2 is 2.12 bits per heavy atom. The van der Waals surface area contributed by atoms with Crippen molar-refractivity contribution >= 4 is 0 Å². The normalized spacial score (nSPS) is 12.8. The summed E-state index contributed by atoms with van der Waals surface area (Å²) in [6, 6.07) is 8.19. The molecule has 2 N–H and O–H groups in total. The minimum Gasteiger partial charge on any atom is -0.494 e. The Morgan fingerprint density at radius 3 is 2.71 bits per heavy atom. The van der Waals surface area contributed by atoms with Crippen LogP contribution in [0.5, 0.6) is 5.75 Å². The largest absolute Gasteiger partial charge is 0.494 e. The predicted octanol–water partition coefficient (Wildman–Crippen LogP) is 2.19. The van der Waals surface area contributed by atoms with E-state index in [1.54, 1.807) is 0 Å². The van der Waals surface area contributed by atoms with E-state index >= 15 is 0 Å². The summed E-state index contributed by atoms with van der Waals surface area (Å²) < 4.78 is 5.45. The quantitative estimate of drug-likeness (QED) is 0.764. The molecule has 17 heavy (non-hydrogen) atoms. The number of hydrogen-bond acceptors (Lipinski definition) is 3. The van der Waals surface area contributed by atoms with Gasteiger partial charge in [0.05, 0.1) is 13.2 Å². The van der Waals surface area contributed by atoms with E-state index in [1.165, 1.54) is 5.56 Å². The topological polar surface area (TPSA) is 41.5 Å². The molecule has 96 valence electrons. The van der Waals surface area contributed by atoms with E-state index in [1.807, 2.05) is 25.1 Å². The van der Waals surface area contributed by atoms with E-state index in [0.717, 1.165) is 12.3 Å². The van der Waals surface area contributed by atoms with Crippen LogP contribution in [0, 0.1) is 5.92 Å². The van der Waals surface area contributed by atoms with E-state index in [9.17, 15) is 5.11 Å². The first-order valence-electron chi connectivity index (χ1n) is 6.23. The van der Waals surface area contributed by atoms with Crippen molar-refractivity contribution in [2.75, 3.05) is 13.2 Å². The van der Waals surface area contributed by atoms with Crippen molar-refractivity contribution < 1.29 is 9.84 Å². The Bertz CT molecular complexity index is 326. The molecule has 3 heteroatoms. The Hall–Kier alpha value is -1.06. The Kier molecular flexibility index (Phi) is 6.01. The molecule has 0 aromatic heterocycles. The van der Waals surface area contributed by atoms with Gasteiger partial charge in [-0.15, -0.1) is 0 Å². The van der Waals surface area contributed by atoms with E-state index in [-0.39, 0.29) is 12.6 Å². The molecule has 0 aliphatic rings. The lowest BCUT2D eigenvalue weighted by Gasteiger charge is -2.20. The molecule has 1 aromatic carbocycles. The van der Waals surface area contributed by atoms with E-state index in [0.29, 0.717) is 12.5 Å². The lowest BCUT2D eigenvalue weighted by atomic mass is 10.1. The fraction of sp³-hybridized carbons (Fsp3) is 0.571. The first kappa shape index (κ1) is 14.0. The molecule has 0 saturated heterocycles. The van der Waals surface area contributed by atoms with Crippen LogP contribution in [-0.2, 0) is 6.54 Å². The first-order chi connectivity index (χ1) is 8.17. The van der Waals surface area contributed by atoms with Gasteiger partial charge in [-0.1, -0.05) is 26.0 Å². The van der Waals surface area contributed by atoms with Crippen LogP contribution in [0.25, 0.3) is 0 Å². The lowest BCUT2D eigenvalue weighted by Crippen LogP contribution is -2.36. The average molecular weight is 237 g/mol. The lowest BCUT2D eigenvalue weighted by molar-refractivity contribution is 0.210. The average Bonchev–Trinajstić information content (AvgIpc) is 2.30. The number of rotatable bonds is 7. The molecular weight excluding hydrogens is 214 g/mol. The highest BCUT2D eigenvalue weighted by Crippen LogP contribution is 2.13. The second-order valence-corrected chi connectivity index (χ2v) is 4.49. The molecule has 0 radical (unpaired) electrons. The zero-order chi connectivity index (χ0) is 12.7. The van der Waals surface area contributed by atoms with Gasteiger partial charge in [0.25, 0.3) is 0 Å². The van der Waals surface area contributed by atoms with Crippen LogP contribution in [-0.4, -0.2) is 24.4 Å². The van der Waals surface area contributed by atoms with Crippen molar-refractivity contribution in [3.8, 4) is 5.75 Å². The van der Waals surface area contributed by atoms with Crippen molar-refractivity contribution in [1.29, 1.82) is 0 Å². The van der Waals surface area contributed by atoms with Gasteiger partial charge >= 0.3 is 0 Å². The van der Waals surface area contributed by atoms with E-state index in [2.05, 4.69) is 25.2 Å². The van der Waals surface area contributed by atoms with Crippen molar-refractivity contribution in [3.63, 3.8) is 0 Å². The molecule has 1 unspecified atom stereocenters. The molecule has 1 aromatic rings. The van der Waals surface area contributed by atoms with Gasteiger partial charge in [0.1, 0.15) is 5.75 Å². The number of aliphatic hydroxyl groups is 1. The number of ether oxygens (including phenoxy) is 1. The minimum absolute atomic E-state index is 0.144. The highest BCUT2D eigenvalue weighted by Gasteiger charge is 2.10. The van der Waals surface area contributed by atoms with E-state index in [4.69, 9.17) is 4.74 Å². The van der Waals surface area contributed by atoms with Crippen molar-refractivity contribution in [2.24, 2.45) is 5.92 Å². The van der Waals surface area contributed by atoms with Gasteiger partial charge in [-0.2, -0.15) is 0 Å². The molecule has 1 rings (SSSR count). The van der Waals surface area contributed by atoms with Gasteiger partial charge in [0.15, 0.2) is 0 Å². The predicted molar refractivity (Wildman–Crippen MR) is 70.2 cm³/mol. The molecule has 0 spiro atoms. The van der Waals surface area contributed by atoms with Crippen LogP contribution in [0.15, 0.2) is 24.3 Å². The van der Waals surface area contributed by atoms with Gasteiger partial charge in [0, 0.05) is 12.6 Å². The van der Waals surface area contributed by atoms with Crippen molar-refractivity contribution in [3.05, 3.63) is 29.8 Å². The van der Waals surface area contributed by atoms with Gasteiger partial charge in [-0.05, 0) is 30.5 Å². The maximum atomic E-state index is 9.23. The number of aliphatic hydroxyl groups excluding tert-OH is 1. The van der Waals surface area contributed by atoms with Crippen LogP contribution in [0.3, 0.4) is 0 Å². The monoisotopic (exact) mass is 237 g/mol. The summed E-state index contributed by atoms with van der Waals surface area (Å²) in [7, 11) is 0. The summed E-state index contributed by atoms with van der Waals surface area (Å²) in [5, 5.41) is 12.6. The molecule has 0 aliphatic heterocycles. The molecule has 0 saturated carbocycles. The standard InChI is InChI=1S/C14H23NO2/c1-4-17-13-7-5-6-12(8-13)9-15-14(10-16)11(2)3/h5-8,11,14-16H,4,9-10H2,1-3H3. The van der Waals surface area contributed by atoms with Gasteiger partial charge in [-0.3, -0.25) is 0 Å². The molecule has 1 atom stereocenters. The molecular formula is C14H23NO2. The van der Waals surface area contributed by atoms with Crippen LogP contribution >= 0.6 is 0 Å². The Balaban J connectivity index is 2.53. The highest BCUT2D eigenvalue weighted by molar-refractivity contribution is 5.28. The zero-order valence-corrected chi connectivity index (χ0v) is 10.9. The van der Waals surface area contributed by atoms with E-state index < -0.39 is 0 Å². The van der Waals surface area contributed by atoms with Gasteiger partial charge in [0.2, 0.25) is 0 Å². The SMILES string of the molecule is CCOc1cccc(CNC(CO)C(C)C)c1.